The minimum Gasteiger partial charge on any atom is -0.397 e. The monoisotopic (exact) mass is 258 g/mol. The SMILES string of the molecule is CCO[SiH](CCc1ccc(Cl)cc1)OCC. The molecule has 1 rings (SSSR count). The highest BCUT2D eigenvalue weighted by Gasteiger charge is 2.11. The zero-order chi connectivity index (χ0) is 11.8. The predicted octanol–water partition coefficient (Wildman–Crippen LogP) is 3.18. The number of benzene rings is 1. The van der Waals surface area contributed by atoms with Crippen LogP contribution in [0.25, 0.3) is 0 Å². The highest BCUT2D eigenvalue weighted by atomic mass is 35.5. The van der Waals surface area contributed by atoms with Crippen LogP contribution in [0.1, 0.15) is 19.4 Å². The lowest BCUT2D eigenvalue weighted by Gasteiger charge is -2.14. The molecule has 0 fully saturated rings. The number of rotatable bonds is 7. The Bertz CT molecular complexity index is 284. The number of aryl methyl sites for hydroxylation is 1. The summed E-state index contributed by atoms with van der Waals surface area (Å²) in [6, 6.07) is 8.99. The van der Waals surface area contributed by atoms with Gasteiger partial charge in [-0.15, -0.1) is 0 Å². The third-order valence-electron chi connectivity index (χ3n) is 2.29. The van der Waals surface area contributed by atoms with Crippen LogP contribution in [0.5, 0.6) is 0 Å². The normalized spacial score (nSPS) is 11.0. The maximum atomic E-state index is 5.83. The van der Waals surface area contributed by atoms with Gasteiger partial charge in [0, 0.05) is 18.2 Å². The van der Waals surface area contributed by atoms with E-state index in [1.165, 1.54) is 5.56 Å². The Morgan fingerprint density at radius 2 is 1.62 bits per heavy atom. The molecule has 0 N–H and O–H groups in total. The summed E-state index contributed by atoms with van der Waals surface area (Å²) in [6.07, 6.45) is 1.01. The highest BCUT2D eigenvalue weighted by Crippen LogP contribution is 2.12. The van der Waals surface area contributed by atoms with E-state index in [9.17, 15) is 0 Å². The Morgan fingerprint density at radius 3 is 2.12 bits per heavy atom. The van der Waals surface area contributed by atoms with Crippen LogP contribution in [0, 0.1) is 0 Å². The van der Waals surface area contributed by atoms with E-state index in [0.29, 0.717) is 0 Å². The van der Waals surface area contributed by atoms with Crippen LogP contribution in [0.15, 0.2) is 24.3 Å². The second-order valence-corrected chi connectivity index (χ2v) is 6.04. The van der Waals surface area contributed by atoms with E-state index in [1.54, 1.807) is 0 Å². The molecule has 0 amide bonds. The van der Waals surface area contributed by atoms with Crippen molar-refractivity contribution >= 4 is 20.9 Å². The summed E-state index contributed by atoms with van der Waals surface area (Å²) in [5.74, 6) is 0. The van der Waals surface area contributed by atoms with Crippen molar-refractivity contribution in [3.8, 4) is 0 Å². The van der Waals surface area contributed by atoms with E-state index in [0.717, 1.165) is 30.7 Å². The minimum atomic E-state index is -1.45. The number of hydrogen-bond acceptors (Lipinski definition) is 2. The molecule has 0 unspecified atom stereocenters. The molecule has 0 aliphatic heterocycles. The smallest absolute Gasteiger partial charge is 0.321 e. The Hall–Kier alpha value is -0.353. The largest absolute Gasteiger partial charge is 0.397 e. The standard InChI is InChI=1S/C12H19ClO2Si/c1-3-14-16(15-4-2)10-9-11-5-7-12(13)8-6-11/h5-8,16H,3-4,9-10H2,1-2H3. The molecule has 0 heterocycles. The van der Waals surface area contributed by atoms with Gasteiger partial charge in [-0.2, -0.15) is 0 Å². The van der Waals surface area contributed by atoms with Crippen LogP contribution in [0.3, 0.4) is 0 Å². The van der Waals surface area contributed by atoms with E-state index in [4.69, 9.17) is 20.5 Å². The van der Waals surface area contributed by atoms with Crippen molar-refractivity contribution in [1.82, 2.24) is 0 Å². The maximum absolute atomic E-state index is 5.83. The van der Waals surface area contributed by atoms with Gasteiger partial charge < -0.3 is 8.85 Å². The molecule has 0 aromatic heterocycles. The topological polar surface area (TPSA) is 18.5 Å². The van der Waals surface area contributed by atoms with Gasteiger partial charge in [0.15, 0.2) is 0 Å². The summed E-state index contributed by atoms with van der Waals surface area (Å²) < 4.78 is 11.2. The Morgan fingerprint density at radius 1 is 1.06 bits per heavy atom. The van der Waals surface area contributed by atoms with Crippen LogP contribution >= 0.6 is 11.6 Å². The van der Waals surface area contributed by atoms with Crippen molar-refractivity contribution in [1.29, 1.82) is 0 Å². The van der Waals surface area contributed by atoms with Crippen LogP contribution in [0.2, 0.25) is 11.1 Å². The summed E-state index contributed by atoms with van der Waals surface area (Å²) in [6.45, 7) is 5.53. The molecule has 0 radical (unpaired) electrons. The zero-order valence-corrected chi connectivity index (χ0v) is 11.8. The van der Waals surface area contributed by atoms with Gasteiger partial charge in [0.25, 0.3) is 0 Å². The first kappa shape index (κ1) is 13.7. The first-order chi connectivity index (χ1) is 7.76. The lowest BCUT2D eigenvalue weighted by molar-refractivity contribution is 0.213. The molecule has 0 saturated heterocycles. The molecule has 1 aromatic carbocycles. The van der Waals surface area contributed by atoms with Crippen molar-refractivity contribution < 1.29 is 8.85 Å². The van der Waals surface area contributed by atoms with Crippen LogP contribution in [-0.2, 0) is 15.3 Å². The van der Waals surface area contributed by atoms with E-state index in [-0.39, 0.29) is 0 Å². The lowest BCUT2D eigenvalue weighted by Crippen LogP contribution is -2.23. The molecule has 0 spiro atoms. The van der Waals surface area contributed by atoms with Crippen molar-refractivity contribution in [2.45, 2.75) is 26.3 Å². The van der Waals surface area contributed by atoms with Crippen molar-refractivity contribution in [2.75, 3.05) is 13.2 Å². The number of halogens is 1. The van der Waals surface area contributed by atoms with Crippen LogP contribution in [-0.4, -0.2) is 22.5 Å². The third kappa shape index (κ3) is 5.12. The molecule has 0 aliphatic rings. The van der Waals surface area contributed by atoms with Gasteiger partial charge in [0.2, 0.25) is 0 Å². The fraction of sp³-hybridized carbons (Fsp3) is 0.500. The fourth-order valence-electron chi connectivity index (χ4n) is 1.52. The second-order valence-electron chi connectivity index (χ2n) is 3.51. The first-order valence-electron chi connectivity index (χ1n) is 5.74. The van der Waals surface area contributed by atoms with E-state index in [1.807, 2.05) is 26.0 Å². The summed E-state index contributed by atoms with van der Waals surface area (Å²) in [4.78, 5) is 0. The summed E-state index contributed by atoms with van der Waals surface area (Å²) in [7, 11) is -1.45. The molecule has 90 valence electrons. The van der Waals surface area contributed by atoms with Crippen molar-refractivity contribution in [3.05, 3.63) is 34.9 Å². The first-order valence-corrected chi connectivity index (χ1v) is 7.87. The van der Waals surface area contributed by atoms with Crippen molar-refractivity contribution in [2.24, 2.45) is 0 Å². The average molecular weight is 259 g/mol. The second kappa shape index (κ2) is 7.85. The third-order valence-corrected chi connectivity index (χ3v) is 4.71. The molecule has 0 bridgehead atoms. The fourth-order valence-corrected chi connectivity index (χ4v) is 3.39. The summed E-state index contributed by atoms with van der Waals surface area (Å²) >= 11 is 5.83. The quantitative estimate of drug-likeness (QED) is 0.700. The molecule has 0 aliphatic carbocycles. The van der Waals surface area contributed by atoms with E-state index < -0.39 is 9.28 Å². The molecule has 1 aromatic rings. The summed E-state index contributed by atoms with van der Waals surface area (Å²) in [5.41, 5.74) is 1.29. The average Bonchev–Trinajstić information content (AvgIpc) is 2.29. The highest BCUT2D eigenvalue weighted by molar-refractivity contribution is 6.44. The molecule has 16 heavy (non-hydrogen) atoms. The zero-order valence-electron chi connectivity index (χ0n) is 9.91. The molecule has 2 nitrogen and oxygen atoms in total. The molecule has 4 heteroatoms. The van der Waals surface area contributed by atoms with Gasteiger partial charge in [0.1, 0.15) is 0 Å². The lowest BCUT2D eigenvalue weighted by atomic mass is 10.2. The minimum absolute atomic E-state index is 0.748. The van der Waals surface area contributed by atoms with E-state index in [2.05, 4.69) is 12.1 Å². The Balaban J connectivity index is 2.38. The van der Waals surface area contributed by atoms with Crippen molar-refractivity contribution in [3.63, 3.8) is 0 Å². The van der Waals surface area contributed by atoms with Crippen LogP contribution in [0.4, 0.5) is 0 Å². The van der Waals surface area contributed by atoms with E-state index >= 15 is 0 Å². The molecule has 0 saturated carbocycles. The van der Waals surface area contributed by atoms with Gasteiger partial charge in [-0.25, -0.2) is 0 Å². The molecule has 0 atom stereocenters. The molecular weight excluding hydrogens is 240 g/mol. The van der Waals surface area contributed by atoms with Gasteiger partial charge in [-0.3, -0.25) is 0 Å². The van der Waals surface area contributed by atoms with Gasteiger partial charge >= 0.3 is 9.28 Å². The Labute approximate surface area is 104 Å². The Kier molecular flexibility index (Phi) is 6.72. The number of hydrogen-bond donors (Lipinski definition) is 0. The molecular formula is C12H19ClO2Si. The van der Waals surface area contributed by atoms with Gasteiger partial charge in [0.05, 0.1) is 0 Å². The van der Waals surface area contributed by atoms with Gasteiger partial charge in [-0.05, 0) is 44.0 Å². The summed E-state index contributed by atoms with van der Waals surface area (Å²) in [5, 5.41) is 0.784. The predicted molar refractivity (Wildman–Crippen MR) is 70.4 cm³/mol. The maximum Gasteiger partial charge on any atom is 0.321 e. The van der Waals surface area contributed by atoms with Gasteiger partial charge in [-0.1, -0.05) is 23.7 Å². The van der Waals surface area contributed by atoms with Crippen LogP contribution < -0.4 is 0 Å².